The molecule has 4 nitrogen and oxygen atoms in total. The van der Waals surface area contributed by atoms with Crippen LogP contribution in [0.4, 0.5) is 0 Å². The van der Waals surface area contributed by atoms with Crippen LogP contribution in [0.15, 0.2) is 12.2 Å². The van der Waals surface area contributed by atoms with E-state index < -0.39 is 17.9 Å². The van der Waals surface area contributed by atoms with Gasteiger partial charge in [0.25, 0.3) is 0 Å². The number of allylic oxidation sites excluding steroid dienone is 2. The predicted molar refractivity (Wildman–Crippen MR) is 140 cm³/mol. The van der Waals surface area contributed by atoms with Gasteiger partial charge in [-0.3, -0.25) is 9.59 Å². The fourth-order valence-corrected chi connectivity index (χ4v) is 4.14. The Labute approximate surface area is 204 Å². The van der Waals surface area contributed by atoms with Gasteiger partial charge in [-0.2, -0.15) is 0 Å². The first-order valence-corrected chi connectivity index (χ1v) is 14.1. The zero-order valence-electron chi connectivity index (χ0n) is 22.0. The minimum Gasteiger partial charge on any atom is -0.481 e. The molecule has 0 bridgehead atoms. The van der Waals surface area contributed by atoms with Crippen molar-refractivity contribution in [1.82, 2.24) is 0 Å². The van der Waals surface area contributed by atoms with Gasteiger partial charge >= 0.3 is 11.9 Å². The number of carboxylic acids is 1. The Kier molecular flexibility index (Phi) is 24.3. The summed E-state index contributed by atoms with van der Waals surface area (Å²) in [6.07, 6.45) is 29.3. The molecule has 1 atom stereocenters. The summed E-state index contributed by atoms with van der Waals surface area (Å²) in [5, 5.41) is 9.28. The zero-order valence-corrected chi connectivity index (χ0v) is 22.0. The van der Waals surface area contributed by atoms with Crippen molar-refractivity contribution in [3.63, 3.8) is 0 Å². The monoisotopic (exact) mass is 466 g/mol. The number of aliphatic carboxylic acids is 1. The summed E-state index contributed by atoms with van der Waals surface area (Å²) in [5.74, 6) is -1.92. The lowest BCUT2D eigenvalue weighted by molar-refractivity contribution is -0.151. The molecule has 0 aliphatic rings. The molecule has 0 aliphatic heterocycles. The number of esters is 1. The SMILES string of the molecule is CCCCCCCCCCCCCCCCC/C=C/CCCC(CC(=O)OCCC)C(=O)O. The molecular formula is C29H54O4. The van der Waals surface area contributed by atoms with Crippen molar-refractivity contribution in [1.29, 1.82) is 0 Å². The Morgan fingerprint density at radius 1 is 0.667 bits per heavy atom. The third-order valence-corrected chi connectivity index (χ3v) is 6.29. The summed E-state index contributed by atoms with van der Waals surface area (Å²) >= 11 is 0. The zero-order chi connectivity index (χ0) is 24.4. The molecule has 1 N–H and O–H groups in total. The molecule has 0 aliphatic carbocycles. The summed E-state index contributed by atoms with van der Waals surface area (Å²) in [4.78, 5) is 22.9. The second kappa shape index (κ2) is 25.3. The standard InChI is InChI=1S/C29H54O4/c1-3-5-6-7-8-9-10-11-12-13-14-15-16-17-18-19-20-21-22-23-24-27(29(31)32)26-28(30)33-25-4-2/h20-21,27H,3-19,22-26H2,1-2H3,(H,31,32)/b21-20+. The number of hydrogen-bond acceptors (Lipinski definition) is 3. The highest BCUT2D eigenvalue weighted by Crippen LogP contribution is 2.16. The first kappa shape index (κ1) is 31.7. The van der Waals surface area contributed by atoms with Crippen molar-refractivity contribution >= 4 is 11.9 Å². The average Bonchev–Trinajstić information content (AvgIpc) is 2.80. The number of unbranched alkanes of at least 4 members (excludes halogenated alkanes) is 16. The van der Waals surface area contributed by atoms with Crippen molar-refractivity contribution < 1.29 is 19.4 Å². The molecule has 0 aromatic rings. The predicted octanol–water partition coefficient (Wildman–Crippen LogP) is 9.02. The lowest BCUT2D eigenvalue weighted by Crippen LogP contribution is -2.19. The van der Waals surface area contributed by atoms with E-state index >= 15 is 0 Å². The van der Waals surface area contributed by atoms with Crippen LogP contribution in [-0.2, 0) is 14.3 Å². The molecular weight excluding hydrogens is 412 g/mol. The summed E-state index contributed by atoms with van der Waals surface area (Å²) in [7, 11) is 0. The number of carbonyl (C=O) groups excluding carboxylic acids is 1. The van der Waals surface area contributed by atoms with Gasteiger partial charge in [-0.05, 0) is 38.5 Å². The number of carboxylic acid groups (broad SMARTS) is 1. The summed E-state index contributed by atoms with van der Waals surface area (Å²) in [6, 6.07) is 0. The molecule has 0 rings (SSSR count). The minimum atomic E-state index is -0.898. The lowest BCUT2D eigenvalue weighted by Gasteiger charge is -2.11. The molecule has 0 heterocycles. The number of rotatable bonds is 25. The molecule has 0 radical (unpaired) electrons. The molecule has 0 spiro atoms. The van der Waals surface area contributed by atoms with E-state index in [4.69, 9.17) is 4.74 Å². The Balaban J connectivity index is 3.43. The molecule has 194 valence electrons. The van der Waals surface area contributed by atoms with E-state index in [-0.39, 0.29) is 6.42 Å². The maximum atomic E-state index is 11.6. The van der Waals surface area contributed by atoms with Gasteiger partial charge in [-0.15, -0.1) is 0 Å². The second-order valence-electron chi connectivity index (χ2n) is 9.60. The highest BCUT2D eigenvalue weighted by Gasteiger charge is 2.21. The van der Waals surface area contributed by atoms with Crippen LogP contribution in [0.5, 0.6) is 0 Å². The normalized spacial score (nSPS) is 12.3. The lowest BCUT2D eigenvalue weighted by atomic mass is 9.98. The third kappa shape index (κ3) is 23.6. The molecule has 0 aromatic carbocycles. The molecule has 0 saturated heterocycles. The smallest absolute Gasteiger partial charge is 0.307 e. The van der Waals surface area contributed by atoms with Crippen LogP contribution in [0.2, 0.25) is 0 Å². The Morgan fingerprint density at radius 2 is 1.12 bits per heavy atom. The van der Waals surface area contributed by atoms with Crippen molar-refractivity contribution in [2.45, 2.75) is 149 Å². The molecule has 33 heavy (non-hydrogen) atoms. The van der Waals surface area contributed by atoms with E-state index in [1.165, 1.54) is 96.3 Å². The summed E-state index contributed by atoms with van der Waals surface area (Å²) in [6.45, 7) is 4.57. The maximum Gasteiger partial charge on any atom is 0.307 e. The van der Waals surface area contributed by atoms with Gasteiger partial charge in [0, 0.05) is 0 Å². The summed E-state index contributed by atoms with van der Waals surface area (Å²) < 4.78 is 5.00. The number of ether oxygens (including phenoxy) is 1. The van der Waals surface area contributed by atoms with Crippen molar-refractivity contribution in [3.8, 4) is 0 Å². The molecule has 0 aromatic heterocycles. The Morgan fingerprint density at radius 3 is 1.58 bits per heavy atom. The second-order valence-corrected chi connectivity index (χ2v) is 9.60. The van der Waals surface area contributed by atoms with Crippen LogP contribution >= 0.6 is 0 Å². The fourth-order valence-electron chi connectivity index (χ4n) is 4.14. The van der Waals surface area contributed by atoms with Crippen LogP contribution in [0.3, 0.4) is 0 Å². The molecule has 0 amide bonds. The molecule has 1 unspecified atom stereocenters. The van der Waals surface area contributed by atoms with Crippen molar-refractivity contribution in [2.75, 3.05) is 6.61 Å². The fraction of sp³-hybridized carbons (Fsp3) is 0.862. The van der Waals surface area contributed by atoms with E-state index in [0.717, 1.165) is 25.7 Å². The minimum absolute atomic E-state index is 0.0157. The van der Waals surface area contributed by atoms with E-state index in [2.05, 4.69) is 19.1 Å². The Hall–Kier alpha value is -1.32. The highest BCUT2D eigenvalue weighted by atomic mass is 16.5. The Bertz CT molecular complexity index is 472. The van der Waals surface area contributed by atoms with Crippen LogP contribution < -0.4 is 0 Å². The number of hydrogen-bond donors (Lipinski definition) is 1. The van der Waals surface area contributed by atoms with Crippen molar-refractivity contribution in [2.24, 2.45) is 5.92 Å². The maximum absolute atomic E-state index is 11.6. The highest BCUT2D eigenvalue weighted by molar-refractivity contribution is 5.78. The number of carbonyl (C=O) groups is 2. The van der Waals surface area contributed by atoms with E-state index in [1.807, 2.05) is 6.92 Å². The first-order chi connectivity index (χ1) is 16.1. The third-order valence-electron chi connectivity index (χ3n) is 6.29. The van der Waals surface area contributed by atoms with Gasteiger partial charge in [-0.1, -0.05) is 116 Å². The van der Waals surface area contributed by atoms with Gasteiger partial charge in [0.1, 0.15) is 0 Å². The largest absolute Gasteiger partial charge is 0.481 e. The van der Waals surface area contributed by atoms with Crippen LogP contribution in [0, 0.1) is 5.92 Å². The van der Waals surface area contributed by atoms with E-state index in [9.17, 15) is 14.7 Å². The average molecular weight is 467 g/mol. The van der Waals surface area contributed by atoms with E-state index in [0.29, 0.717) is 13.0 Å². The van der Waals surface area contributed by atoms with Crippen molar-refractivity contribution in [3.05, 3.63) is 12.2 Å². The van der Waals surface area contributed by atoms with Gasteiger partial charge in [0.2, 0.25) is 0 Å². The van der Waals surface area contributed by atoms with Gasteiger partial charge in [-0.25, -0.2) is 0 Å². The molecule has 0 saturated carbocycles. The van der Waals surface area contributed by atoms with Gasteiger partial charge in [0.15, 0.2) is 0 Å². The molecule has 0 fully saturated rings. The van der Waals surface area contributed by atoms with Gasteiger partial charge < -0.3 is 9.84 Å². The molecule has 4 heteroatoms. The first-order valence-electron chi connectivity index (χ1n) is 14.1. The van der Waals surface area contributed by atoms with Crippen LogP contribution in [0.25, 0.3) is 0 Å². The van der Waals surface area contributed by atoms with Gasteiger partial charge in [0.05, 0.1) is 18.9 Å². The van der Waals surface area contributed by atoms with Crippen LogP contribution in [-0.4, -0.2) is 23.7 Å². The summed E-state index contributed by atoms with van der Waals surface area (Å²) in [5.41, 5.74) is 0. The quantitative estimate of drug-likeness (QED) is 0.0828. The van der Waals surface area contributed by atoms with Crippen LogP contribution in [0.1, 0.15) is 149 Å². The topological polar surface area (TPSA) is 63.6 Å². The van der Waals surface area contributed by atoms with E-state index in [1.54, 1.807) is 0 Å².